The van der Waals surface area contributed by atoms with E-state index in [9.17, 15) is 0 Å². The molecule has 0 aliphatic rings. The molecule has 0 spiro atoms. The molecule has 0 amide bonds. The van der Waals surface area contributed by atoms with Crippen LogP contribution in [0.4, 0.5) is 0 Å². The van der Waals surface area contributed by atoms with Gasteiger partial charge in [-0.15, -0.1) is 0 Å². The molecule has 0 heterocycles. The van der Waals surface area contributed by atoms with Gasteiger partial charge in [-0.25, -0.2) is 4.84 Å². The third-order valence-corrected chi connectivity index (χ3v) is 6.23. The highest BCUT2D eigenvalue weighted by molar-refractivity contribution is 6.69. The van der Waals surface area contributed by atoms with Crippen molar-refractivity contribution in [3.63, 3.8) is 0 Å². The van der Waals surface area contributed by atoms with Gasteiger partial charge < -0.3 is 0 Å². The minimum atomic E-state index is -2.08. The Morgan fingerprint density at radius 3 is 1.40 bits per heavy atom. The van der Waals surface area contributed by atoms with Crippen molar-refractivity contribution in [3.05, 3.63) is 144 Å². The molecule has 0 aliphatic heterocycles. The maximum absolute atomic E-state index is 6.83. The van der Waals surface area contributed by atoms with Gasteiger partial charge in [0, 0.05) is 0 Å². The highest BCUT2D eigenvalue weighted by atomic mass is 28.4. The molecule has 4 rings (SSSR count). The summed E-state index contributed by atoms with van der Waals surface area (Å²) in [5.74, 6) is 0. The zero-order valence-corrected chi connectivity index (χ0v) is 21.6. The van der Waals surface area contributed by atoms with Crippen LogP contribution >= 0.6 is 0 Å². The molecule has 0 fully saturated rings. The van der Waals surface area contributed by atoms with Crippen LogP contribution < -0.4 is 0 Å². The number of hydrogen-bond acceptors (Lipinski definition) is 4. The second kappa shape index (κ2) is 11.6. The Hall–Kier alpha value is -3.06. The largest absolute Gasteiger partial charge is 0.298 e. The minimum Gasteiger partial charge on any atom is -0.298 e. The van der Waals surface area contributed by atoms with Crippen molar-refractivity contribution in [2.45, 2.75) is 31.7 Å². The summed E-state index contributed by atoms with van der Waals surface area (Å²) >= 11 is 0. The first-order valence-corrected chi connectivity index (χ1v) is 15.4. The van der Waals surface area contributed by atoms with E-state index in [4.69, 9.17) is 14.2 Å². The van der Waals surface area contributed by atoms with Crippen LogP contribution in [0.15, 0.2) is 121 Å². The number of rotatable bonds is 11. The average Bonchev–Trinajstić information content (AvgIpc) is 2.88. The molecule has 4 aromatic rings. The van der Waals surface area contributed by atoms with Crippen LogP contribution in [0.25, 0.3) is 0 Å². The number of hydrogen-bond donors (Lipinski definition) is 0. The monoisotopic (exact) mass is 483 g/mol. The fourth-order valence-electron chi connectivity index (χ4n) is 3.97. The Morgan fingerprint density at radius 2 is 1.00 bits per heavy atom. The van der Waals surface area contributed by atoms with Gasteiger partial charge in [0.15, 0.2) is 5.60 Å². The van der Waals surface area contributed by atoms with Crippen LogP contribution in [-0.2, 0) is 26.2 Å². The smallest absolute Gasteiger partial charge is 0.218 e. The number of benzene rings is 4. The Bertz CT molecular complexity index is 1050. The highest BCUT2D eigenvalue weighted by Gasteiger charge is 2.42. The van der Waals surface area contributed by atoms with Crippen molar-refractivity contribution >= 4 is 8.32 Å². The molecule has 35 heavy (non-hydrogen) atoms. The zero-order chi connectivity index (χ0) is 24.6. The lowest BCUT2D eigenvalue weighted by molar-refractivity contribution is -0.518. The average molecular weight is 484 g/mol. The van der Waals surface area contributed by atoms with Crippen LogP contribution in [0, 0.1) is 0 Å². The predicted molar refractivity (Wildman–Crippen MR) is 143 cm³/mol. The maximum Gasteiger partial charge on any atom is 0.218 e. The molecular formula is C30H33NO3Si. The third-order valence-electron chi connectivity index (χ3n) is 5.53. The van der Waals surface area contributed by atoms with Crippen molar-refractivity contribution in [1.29, 1.82) is 0 Å². The molecule has 0 unspecified atom stereocenters. The first-order valence-electron chi connectivity index (χ1n) is 12.0. The second-order valence-corrected chi connectivity index (χ2v) is 13.8. The molecule has 0 radical (unpaired) electrons. The van der Waals surface area contributed by atoms with Gasteiger partial charge in [-0.2, -0.15) is 0 Å². The van der Waals surface area contributed by atoms with E-state index < -0.39 is 13.9 Å². The molecule has 0 aromatic heterocycles. The van der Waals surface area contributed by atoms with Gasteiger partial charge in [0.2, 0.25) is 8.32 Å². The van der Waals surface area contributed by atoms with Crippen LogP contribution in [-0.4, -0.2) is 20.3 Å². The van der Waals surface area contributed by atoms with Gasteiger partial charge in [-0.3, -0.25) is 9.36 Å². The van der Waals surface area contributed by atoms with Crippen LogP contribution in [0.5, 0.6) is 0 Å². The van der Waals surface area contributed by atoms with E-state index in [0.717, 1.165) is 23.1 Å². The Labute approximate surface area is 209 Å². The fourth-order valence-corrected chi connectivity index (χ4v) is 4.50. The minimum absolute atomic E-state index is 0.420. The molecule has 4 aromatic carbocycles. The van der Waals surface area contributed by atoms with Crippen LogP contribution in [0.1, 0.15) is 22.3 Å². The molecule has 0 saturated heterocycles. The first-order chi connectivity index (χ1) is 17.0. The molecule has 5 heteroatoms. The van der Waals surface area contributed by atoms with E-state index in [-0.39, 0.29) is 0 Å². The molecule has 0 aliphatic carbocycles. The van der Waals surface area contributed by atoms with Crippen molar-refractivity contribution in [2.75, 3.05) is 6.61 Å². The second-order valence-electron chi connectivity index (χ2n) is 9.37. The van der Waals surface area contributed by atoms with E-state index in [1.807, 2.05) is 72.8 Å². The fraction of sp³-hybridized carbons (Fsp3) is 0.200. The first kappa shape index (κ1) is 25.0. The summed E-state index contributed by atoms with van der Waals surface area (Å²) in [5, 5.41) is 1.27. The molecule has 180 valence electrons. The molecule has 0 atom stereocenters. The van der Waals surface area contributed by atoms with Gasteiger partial charge in [0.05, 0.1) is 12.0 Å². The van der Waals surface area contributed by atoms with Crippen LogP contribution in [0.2, 0.25) is 19.6 Å². The van der Waals surface area contributed by atoms with E-state index in [0.29, 0.717) is 6.61 Å². The lowest BCUT2D eigenvalue weighted by Crippen LogP contribution is -2.45. The molecule has 4 nitrogen and oxygen atoms in total. The molecule has 0 bridgehead atoms. The third kappa shape index (κ3) is 6.54. The van der Waals surface area contributed by atoms with Crippen molar-refractivity contribution in [1.82, 2.24) is 5.39 Å². The Kier molecular flexibility index (Phi) is 8.28. The maximum atomic E-state index is 6.83. The summed E-state index contributed by atoms with van der Waals surface area (Å²) in [6.45, 7) is 6.75. The quantitative estimate of drug-likeness (QED) is 0.129. The van der Waals surface area contributed by atoms with E-state index in [1.165, 1.54) is 11.0 Å². The molecular weight excluding hydrogens is 450 g/mol. The SMILES string of the molecule is C[Si](C)(C)ON(OCCc1ccccc1)OC(c1ccccc1)(c1ccccc1)c1ccccc1. The summed E-state index contributed by atoms with van der Waals surface area (Å²) in [7, 11) is -2.08. The van der Waals surface area contributed by atoms with E-state index in [1.54, 1.807) is 0 Å². The van der Waals surface area contributed by atoms with E-state index >= 15 is 0 Å². The summed E-state index contributed by atoms with van der Waals surface area (Å²) in [5.41, 5.74) is 3.16. The van der Waals surface area contributed by atoms with E-state index in [2.05, 4.69) is 68.2 Å². The normalized spacial score (nSPS) is 12.1. The summed E-state index contributed by atoms with van der Waals surface area (Å²) in [6.07, 6.45) is 0.741. The zero-order valence-electron chi connectivity index (χ0n) is 20.6. The number of nitrogens with zero attached hydrogens (tertiary/aromatic N) is 1. The Morgan fingerprint density at radius 1 is 0.600 bits per heavy atom. The van der Waals surface area contributed by atoms with Crippen molar-refractivity contribution in [2.24, 2.45) is 0 Å². The topological polar surface area (TPSA) is 30.9 Å². The summed E-state index contributed by atoms with van der Waals surface area (Å²) in [6, 6.07) is 40.9. The van der Waals surface area contributed by atoms with Gasteiger partial charge in [0.25, 0.3) is 0 Å². The van der Waals surface area contributed by atoms with Crippen molar-refractivity contribution in [3.8, 4) is 0 Å². The van der Waals surface area contributed by atoms with Crippen molar-refractivity contribution < 1.29 is 14.2 Å². The lowest BCUT2D eigenvalue weighted by atomic mass is 9.80. The standard InChI is InChI=1S/C30H33NO3Si/c1-35(2,3)34-31(32-25-24-26-16-8-4-9-17-26)33-30(27-18-10-5-11-19-27,28-20-12-6-13-21-28)29-22-14-7-15-23-29/h4-23H,24-25H2,1-3H3. The Balaban J connectivity index is 1.75. The molecule has 0 saturated carbocycles. The van der Waals surface area contributed by atoms with Crippen LogP contribution in [0.3, 0.4) is 0 Å². The summed E-state index contributed by atoms with van der Waals surface area (Å²) < 4.78 is 6.32. The lowest BCUT2D eigenvalue weighted by Gasteiger charge is -2.39. The predicted octanol–water partition coefficient (Wildman–Crippen LogP) is 7.15. The van der Waals surface area contributed by atoms with Gasteiger partial charge in [-0.05, 0) is 48.3 Å². The van der Waals surface area contributed by atoms with Gasteiger partial charge >= 0.3 is 0 Å². The summed E-state index contributed by atoms with van der Waals surface area (Å²) in [4.78, 5) is 13.0. The van der Waals surface area contributed by atoms with Gasteiger partial charge in [0.1, 0.15) is 0 Å². The highest BCUT2D eigenvalue weighted by Crippen LogP contribution is 2.41. The van der Waals surface area contributed by atoms with Gasteiger partial charge in [-0.1, -0.05) is 121 Å². The molecule has 0 N–H and O–H groups in total.